The molecule has 0 saturated heterocycles. The maximum absolute atomic E-state index is 12.3. The van der Waals surface area contributed by atoms with Crippen molar-refractivity contribution >= 4 is 17.4 Å². The van der Waals surface area contributed by atoms with E-state index in [9.17, 15) is 9.59 Å². The second-order valence-corrected chi connectivity index (χ2v) is 6.02. The molecule has 2 rings (SSSR count). The summed E-state index contributed by atoms with van der Waals surface area (Å²) in [5.41, 5.74) is 3.20. The standard InChI is InChI=1S/C20H24N2O4/c1-14-4-5-15(2)17(12-14)18(23)7-8-19(24)22-16-6-9-20(21-13-16)26-11-10-25-3/h4-6,9,12-13H,7-8,10-11H2,1-3H3,(H,22,24). The van der Waals surface area contributed by atoms with Gasteiger partial charge in [0.05, 0.1) is 18.5 Å². The number of aromatic nitrogens is 1. The number of aryl methyl sites for hydroxylation is 2. The summed E-state index contributed by atoms with van der Waals surface area (Å²) >= 11 is 0. The normalized spacial score (nSPS) is 10.4. The van der Waals surface area contributed by atoms with Crippen molar-refractivity contribution in [2.24, 2.45) is 0 Å². The number of ether oxygens (including phenoxy) is 2. The van der Waals surface area contributed by atoms with Crippen molar-refractivity contribution in [1.29, 1.82) is 0 Å². The Bertz CT molecular complexity index is 757. The van der Waals surface area contributed by atoms with Gasteiger partial charge < -0.3 is 14.8 Å². The summed E-state index contributed by atoms with van der Waals surface area (Å²) in [5, 5.41) is 2.74. The SMILES string of the molecule is COCCOc1ccc(NC(=O)CCC(=O)c2cc(C)ccc2C)cn1. The molecule has 0 aliphatic carbocycles. The zero-order valence-corrected chi connectivity index (χ0v) is 15.4. The molecule has 0 fully saturated rings. The molecule has 1 aromatic heterocycles. The Morgan fingerprint density at radius 3 is 2.58 bits per heavy atom. The predicted molar refractivity (Wildman–Crippen MR) is 99.7 cm³/mol. The minimum absolute atomic E-state index is 0.0265. The number of Topliss-reactive ketones (excluding diaryl/α,β-unsaturated/α-hetero) is 1. The van der Waals surface area contributed by atoms with E-state index in [-0.39, 0.29) is 24.5 Å². The fourth-order valence-corrected chi connectivity index (χ4v) is 2.39. The molecule has 0 atom stereocenters. The number of carbonyl (C=O) groups excluding carboxylic acids is 2. The van der Waals surface area contributed by atoms with Gasteiger partial charge in [-0.05, 0) is 31.5 Å². The average Bonchev–Trinajstić information content (AvgIpc) is 2.63. The molecule has 2 aromatic rings. The van der Waals surface area contributed by atoms with Gasteiger partial charge in [-0.1, -0.05) is 17.7 Å². The zero-order valence-electron chi connectivity index (χ0n) is 15.4. The predicted octanol–water partition coefficient (Wildman–Crippen LogP) is 3.33. The third kappa shape index (κ3) is 5.97. The summed E-state index contributed by atoms with van der Waals surface area (Å²) in [6.45, 7) is 4.73. The van der Waals surface area contributed by atoms with Gasteiger partial charge in [0.2, 0.25) is 11.8 Å². The van der Waals surface area contributed by atoms with Crippen LogP contribution in [-0.4, -0.2) is 37.0 Å². The quantitative estimate of drug-likeness (QED) is 0.551. The highest BCUT2D eigenvalue weighted by molar-refractivity contribution is 6.01. The van der Waals surface area contributed by atoms with Gasteiger partial charge in [0, 0.05) is 31.6 Å². The van der Waals surface area contributed by atoms with Crippen molar-refractivity contribution < 1.29 is 19.1 Å². The monoisotopic (exact) mass is 356 g/mol. The lowest BCUT2D eigenvalue weighted by molar-refractivity contribution is -0.116. The molecule has 1 aromatic carbocycles. The van der Waals surface area contributed by atoms with Crippen LogP contribution in [0, 0.1) is 13.8 Å². The molecule has 1 N–H and O–H groups in total. The van der Waals surface area contributed by atoms with Crippen LogP contribution in [0.3, 0.4) is 0 Å². The highest BCUT2D eigenvalue weighted by Crippen LogP contribution is 2.15. The Kier molecular flexibility index (Phi) is 7.29. The van der Waals surface area contributed by atoms with Crippen LogP contribution in [0.15, 0.2) is 36.5 Å². The summed E-state index contributed by atoms with van der Waals surface area (Å²) in [6, 6.07) is 9.13. The highest BCUT2D eigenvalue weighted by Gasteiger charge is 2.12. The van der Waals surface area contributed by atoms with Gasteiger partial charge in [0.15, 0.2) is 5.78 Å². The first-order chi connectivity index (χ1) is 12.5. The Labute approximate surface area is 153 Å². The fraction of sp³-hybridized carbons (Fsp3) is 0.350. The lowest BCUT2D eigenvalue weighted by Crippen LogP contribution is -2.14. The number of hydrogen-bond acceptors (Lipinski definition) is 5. The minimum atomic E-state index is -0.224. The van der Waals surface area contributed by atoms with Crippen molar-refractivity contribution in [2.45, 2.75) is 26.7 Å². The number of ketones is 1. The first-order valence-corrected chi connectivity index (χ1v) is 8.47. The van der Waals surface area contributed by atoms with Gasteiger partial charge in [0.1, 0.15) is 6.61 Å². The third-order valence-electron chi connectivity index (χ3n) is 3.83. The van der Waals surface area contributed by atoms with Gasteiger partial charge in [-0.3, -0.25) is 9.59 Å². The van der Waals surface area contributed by atoms with E-state index in [4.69, 9.17) is 9.47 Å². The molecule has 0 radical (unpaired) electrons. The van der Waals surface area contributed by atoms with Gasteiger partial charge in [-0.15, -0.1) is 0 Å². The van der Waals surface area contributed by atoms with Crippen molar-refractivity contribution in [1.82, 2.24) is 4.98 Å². The Morgan fingerprint density at radius 2 is 1.88 bits per heavy atom. The van der Waals surface area contributed by atoms with E-state index >= 15 is 0 Å². The molecule has 6 nitrogen and oxygen atoms in total. The van der Waals surface area contributed by atoms with E-state index in [1.54, 1.807) is 19.2 Å². The van der Waals surface area contributed by atoms with Gasteiger partial charge >= 0.3 is 0 Å². The van der Waals surface area contributed by atoms with Crippen LogP contribution in [0.5, 0.6) is 5.88 Å². The van der Waals surface area contributed by atoms with Crippen LogP contribution in [0.4, 0.5) is 5.69 Å². The summed E-state index contributed by atoms with van der Waals surface area (Å²) in [7, 11) is 1.60. The number of nitrogens with one attached hydrogen (secondary N) is 1. The molecule has 0 unspecified atom stereocenters. The second-order valence-electron chi connectivity index (χ2n) is 6.02. The van der Waals surface area contributed by atoms with Crippen molar-refractivity contribution in [3.63, 3.8) is 0 Å². The summed E-state index contributed by atoms with van der Waals surface area (Å²) in [5.74, 6) is 0.213. The number of methoxy groups -OCH3 is 1. The largest absolute Gasteiger partial charge is 0.475 e. The summed E-state index contributed by atoms with van der Waals surface area (Å²) < 4.78 is 10.3. The molecule has 138 valence electrons. The van der Waals surface area contributed by atoms with Crippen molar-refractivity contribution in [2.75, 3.05) is 25.6 Å². The second kappa shape index (κ2) is 9.68. The molecular formula is C20H24N2O4. The molecule has 26 heavy (non-hydrogen) atoms. The van der Waals surface area contributed by atoms with Crippen LogP contribution < -0.4 is 10.1 Å². The molecular weight excluding hydrogens is 332 g/mol. The molecule has 0 bridgehead atoms. The smallest absolute Gasteiger partial charge is 0.224 e. The van der Waals surface area contributed by atoms with Crippen LogP contribution in [0.1, 0.15) is 34.3 Å². The maximum Gasteiger partial charge on any atom is 0.224 e. The van der Waals surface area contributed by atoms with E-state index in [1.165, 1.54) is 6.20 Å². The lowest BCUT2D eigenvalue weighted by atomic mass is 9.99. The number of hydrogen-bond donors (Lipinski definition) is 1. The zero-order chi connectivity index (χ0) is 18.9. The molecule has 0 saturated carbocycles. The molecule has 0 aliphatic heterocycles. The average molecular weight is 356 g/mol. The number of pyridine rings is 1. The first-order valence-electron chi connectivity index (χ1n) is 8.47. The van der Waals surface area contributed by atoms with Crippen molar-refractivity contribution in [3.8, 4) is 5.88 Å². The number of carbonyl (C=O) groups is 2. The molecule has 0 aliphatic rings. The van der Waals surface area contributed by atoms with Gasteiger partial charge in [-0.2, -0.15) is 0 Å². The van der Waals surface area contributed by atoms with Crippen LogP contribution in [0.2, 0.25) is 0 Å². The van der Waals surface area contributed by atoms with Gasteiger partial charge in [0.25, 0.3) is 0 Å². The number of anilines is 1. The molecule has 1 amide bonds. The first kappa shape index (κ1) is 19.6. The Balaban J connectivity index is 1.83. The third-order valence-corrected chi connectivity index (χ3v) is 3.83. The highest BCUT2D eigenvalue weighted by atomic mass is 16.5. The Hall–Kier alpha value is -2.73. The van der Waals surface area contributed by atoms with E-state index in [2.05, 4.69) is 10.3 Å². The number of nitrogens with zero attached hydrogens (tertiary/aromatic N) is 1. The molecule has 0 spiro atoms. The Morgan fingerprint density at radius 1 is 1.08 bits per heavy atom. The van der Waals surface area contributed by atoms with E-state index < -0.39 is 0 Å². The van der Waals surface area contributed by atoms with Crippen molar-refractivity contribution in [3.05, 3.63) is 53.2 Å². The van der Waals surface area contributed by atoms with Crippen LogP contribution in [0.25, 0.3) is 0 Å². The number of rotatable bonds is 9. The summed E-state index contributed by atoms with van der Waals surface area (Å²) in [6.07, 6.45) is 1.81. The summed E-state index contributed by atoms with van der Waals surface area (Å²) in [4.78, 5) is 28.5. The lowest BCUT2D eigenvalue weighted by Gasteiger charge is -2.08. The van der Waals surface area contributed by atoms with Crippen LogP contribution >= 0.6 is 0 Å². The van der Waals surface area contributed by atoms with Crippen LogP contribution in [-0.2, 0) is 9.53 Å². The maximum atomic E-state index is 12.3. The topological polar surface area (TPSA) is 77.5 Å². The van der Waals surface area contributed by atoms with E-state index in [0.29, 0.717) is 30.3 Å². The molecule has 6 heteroatoms. The van der Waals surface area contributed by atoms with E-state index in [0.717, 1.165) is 11.1 Å². The number of amides is 1. The van der Waals surface area contributed by atoms with Gasteiger partial charge in [-0.25, -0.2) is 4.98 Å². The minimum Gasteiger partial charge on any atom is -0.475 e. The number of benzene rings is 1. The van der Waals surface area contributed by atoms with E-state index in [1.807, 2.05) is 32.0 Å². The fourth-order valence-electron chi connectivity index (χ4n) is 2.39. The molecule has 1 heterocycles.